The second-order valence-corrected chi connectivity index (χ2v) is 5.16. The molecule has 1 fully saturated rings. The van der Waals surface area contributed by atoms with E-state index < -0.39 is 6.10 Å². The Hall–Kier alpha value is -1.06. The zero-order chi connectivity index (χ0) is 13.0. The summed E-state index contributed by atoms with van der Waals surface area (Å²) in [5, 5.41) is 10.3. The van der Waals surface area contributed by atoms with Gasteiger partial charge in [0.15, 0.2) is 0 Å². The quantitative estimate of drug-likeness (QED) is 0.893. The summed E-state index contributed by atoms with van der Waals surface area (Å²) in [4.78, 5) is 0. The van der Waals surface area contributed by atoms with Crippen molar-refractivity contribution in [2.24, 2.45) is 5.92 Å². The van der Waals surface area contributed by atoms with Crippen molar-refractivity contribution >= 4 is 0 Å². The Kier molecular flexibility index (Phi) is 4.61. The molecule has 100 valence electrons. The maximum Gasteiger partial charge on any atom is 0.119 e. The fraction of sp³-hybridized carbons (Fsp3) is 0.600. The first-order valence-corrected chi connectivity index (χ1v) is 6.69. The molecule has 2 rings (SSSR count). The van der Waals surface area contributed by atoms with Gasteiger partial charge in [-0.3, -0.25) is 0 Å². The van der Waals surface area contributed by atoms with Gasteiger partial charge in [-0.1, -0.05) is 12.1 Å². The van der Waals surface area contributed by atoms with Crippen LogP contribution in [0.2, 0.25) is 0 Å². The number of rotatable bonds is 4. The van der Waals surface area contributed by atoms with Crippen molar-refractivity contribution in [1.82, 2.24) is 0 Å². The van der Waals surface area contributed by atoms with Crippen molar-refractivity contribution in [2.75, 3.05) is 13.2 Å². The van der Waals surface area contributed by atoms with Gasteiger partial charge in [-0.25, -0.2) is 0 Å². The van der Waals surface area contributed by atoms with E-state index in [-0.39, 0.29) is 12.0 Å². The molecule has 1 aromatic carbocycles. The highest BCUT2D eigenvalue weighted by Gasteiger charge is 2.23. The number of benzene rings is 1. The molecule has 1 aliphatic rings. The van der Waals surface area contributed by atoms with Crippen molar-refractivity contribution in [3.8, 4) is 5.75 Å². The summed E-state index contributed by atoms with van der Waals surface area (Å²) in [6.45, 7) is 5.49. The molecule has 1 aliphatic heterocycles. The molecule has 0 radical (unpaired) electrons. The van der Waals surface area contributed by atoms with Crippen LogP contribution in [0.3, 0.4) is 0 Å². The van der Waals surface area contributed by atoms with Crippen LogP contribution in [0, 0.1) is 5.92 Å². The van der Waals surface area contributed by atoms with Crippen LogP contribution >= 0.6 is 0 Å². The third-order valence-electron chi connectivity index (χ3n) is 3.24. The van der Waals surface area contributed by atoms with E-state index in [4.69, 9.17) is 9.47 Å². The summed E-state index contributed by atoms with van der Waals surface area (Å²) in [5.41, 5.74) is 0.946. The molecule has 3 nitrogen and oxygen atoms in total. The molecular formula is C15H22O3. The molecule has 0 amide bonds. The molecule has 0 aromatic heterocycles. The number of ether oxygens (including phenoxy) is 2. The van der Waals surface area contributed by atoms with Gasteiger partial charge in [0.2, 0.25) is 0 Å². The molecule has 0 spiro atoms. The van der Waals surface area contributed by atoms with Crippen LogP contribution in [0.15, 0.2) is 24.3 Å². The Labute approximate surface area is 109 Å². The molecule has 3 heteroatoms. The van der Waals surface area contributed by atoms with Gasteiger partial charge < -0.3 is 14.6 Å². The standard InChI is InChI=1S/C15H22O3/c1-11(2)18-14-7-5-12(6-8-14)15(16)13-4-3-9-17-10-13/h5-8,11,13,15-16H,3-4,9-10H2,1-2H3. The van der Waals surface area contributed by atoms with Crippen molar-refractivity contribution in [1.29, 1.82) is 0 Å². The van der Waals surface area contributed by atoms with Crippen LogP contribution in [-0.4, -0.2) is 24.4 Å². The summed E-state index contributed by atoms with van der Waals surface area (Å²) < 4.78 is 11.0. The van der Waals surface area contributed by atoms with E-state index in [9.17, 15) is 5.11 Å². The van der Waals surface area contributed by atoms with Gasteiger partial charge in [-0.15, -0.1) is 0 Å². The Balaban J connectivity index is 1.99. The van der Waals surface area contributed by atoms with Crippen molar-refractivity contribution in [3.63, 3.8) is 0 Å². The lowest BCUT2D eigenvalue weighted by Gasteiger charge is -2.27. The molecule has 1 heterocycles. The van der Waals surface area contributed by atoms with Crippen LogP contribution < -0.4 is 4.74 Å². The highest BCUT2D eigenvalue weighted by molar-refractivity contribution is 5.29. The summed E-state index contributed by atoms with van der Waals surface area (Å²) in [6.07, 6.45) is 1.81. The third kappa shape index (κ3) is 3.47. The van der Waals surface area contributed by atoms with E-state index in [2.05, 4.69) is 0 Å². The molecule has 18 heavy (non-hydrogen) atoms. The third-order valence-corrected chi connectivity index (χ3v) is 3.24. The van der Waals surface area contributed by atoms with E-state index in [1.165, 1.54) is 0 Å². The molecule has 2 unspecified atom stereocenters. The molecule has 1 saturated heterocycles. The molecule has 0 saturated carbocycles. The van der Waals surface area contributed by atoms with Gasteiger partial charge in [-0.05, 0) is 44.4 Å². The largest absolute Gasteiger partial charge is 0.491 e. The van der Waals surface area contributed by atoms with Gasteiger partial charge in [0.25, 0.3) is 0 Å². The first kappa shape index (κ1) is 13.4. The van der Waals surface area contributed by atoms with Gasteiger partial charge in [0.1, 0.15) is 5.75 Å². The lowest BCUT2D eigenvalue weighted by atomic mass is 9.91. The minimum atomic E-state index is -0.432. The Bertz CT molecular complexity index is 353. The van der Waals surface area contributed by atoms with Crippen molar-refractivity contribution in [2.45, 2.75) is 38.9 Å². The average molecular weight is 250 g/mol. The first-order chi connectivity index (χ1) is 8.66. The zero-order valence-electron chi connectivity index (χ0n) is 11.1. The summed E-state index contributed by atoms with van der Waals surface area (Å²) >= 11 is 0. The predicted molar refractivity (Wildman–Crippen MR) is 70.7 cm³/mol. The molecule has 1 aromatic rings. The normalized spacial score (nSPS) is 21.9. The molecule has 0 bridgehead atoms. The highest BCUT2D eigenvalue weighted by Crippen LogP contribution is 2.29. The van der Waals surface area contributed by atoms with Crippen LogP contribution in [0.5, 0.6) is 5.75 Å². The second-order valence-electron chi connectivity index (χ2n) is 5.16. The fourth-order valence-corrected chi connectivity index (χ4v) is 2.30. The van der Waals surface area contributed by atoms with Gasteiger partial charge in [0.05, 0.1) is 18.8 Å². The zero-order valence-corrected chi connectivity index (χ0v) is 11.1. The van der Waals surface area contributed by atoms with E-state index in [1.54, 1.807) is 0 Å². The number of aliphatic hydroxyl groups is 1. The lowest BCUT2D eigenvalue weighted by molar-refractivity contribution is -0.00997. The Morgan fingerprint density at radius 3 is 2.56 bits per heavy atom. The topological polar surface area (TPSA) is 38.7 Å². The number of hydrogen-bond acceptors (Lipinski definition) is 3. The maximum atomic E-state index is 10.3. The minimum Gasteiger partial charge on any atom is -0.491 e. The average Bonchev–Trinajstić information content (AvgIpc) is 2.39. The molecule has 2 atom stereocenters. The summed E-state index contributed by atoms with van der Waals surface area (Å²) in [7, 11) is 0. The number of aliphatic hydroxyl groups excluding tert-OH is 1. The molecular weight excluding hydrogens is 228 g/mol. The van der Waals surface area contributed by atoms with E-state index in [0.717, 1.165) is 30.8 Å². The maximum absolute atomic E-state index is 10.3. The smallest absolute Gasteiger partial charge is 0.119 e. The van der Waals surface area contributed by atoms with Crippen molar-refractivity contribution < 1.29 is 14.6 Å². The van der Waals surface area contributed by atoms with Gasteiger partial charge in [0, 0.05) is 12.5 Å². The number of hydrogen-bond donors (Lipinski definition) is 1. The highest BCUT2D eigenvalue weighted by atomic mass is 16.5. The van der Waals surface area contributed by atoms with Gasteiger partial charge in [-0.2, -0.15) is 0 Å². The second kappa shape index (κ2) is 6.21. The minimum absolute atomic E-state index is 0.174. The summed E-state index contributed by atoms with van der Waals surface area (Å²) in [5.74, 6) is 1.07. The van der Waals surface area contributed by atoms with Crippen LogP contribution in [0.4, 0.5) is 0 Å². The van der Waals surface area contributed by atoms with Crippen molar-refractivity contribution in [3.05, 3.63) is 29.8 Å². The van der Waals surface area contributed by atoms with E-state index >= 15 is 0 Å². The van der Waals surface area contributed by atoms with Crippen LogP contribution in [0.25, 0.3) is 0 Å². The Morgan fingerprint density at radius 2 is 2.00 bits per heavy atom. The summed E-state index contributed by atoms with van der Waals surface area (Å²) in [6, 6.07) is 7.72. The monoisotopic (exact) mass is 250 g/mol. The Morgan fingerprint density at radius 1 is 1.28 bits per heavy atom. The predicted octanol–water partition coefficient (Wildman–Crippen LogP) is 2.93. The SMILES string of the molecule is CC(C)Oc1ccc(C(O)C2CCCOC2)cc1. The first-order valence-electron chi connectivity index (χ1n) is 6.69. The van der Waals surface area contributed by atoms with E-state index in [1.807, 2.05) is 38.1 Å². The van der Waals surface area contributed by atoms with Gasteiger partial charge >= 0.3 is 0 Å². The molecule has 1 N–H and O–H groups in total. The molecule has 0 aliphatic carbocycles. The van der Waals surface area contributed by atoms with Crippen LogP contribution in [0.1, 0.15) is 38.4 Å². The van der Waals surface area contributed by atoms with E-state index in [0.29, 0.717) is 6.61 Å². The fourth-order valence-electron chi connectivity index (χ4n) is 2.30. The lowest BCUT2D eigenvalue weighted by Crippen LogP contribution is -2.23. The van der Waals surface area contributed by atoms with Crippen LogP contribution in [-0.2, 0) is 4.74 Å².